The summed E-state index contributed by atoms with van der Waals surface area (Å²) in [6, 6.07) is 6.67. The van der Waals surface area contributed by atoms with Gasteiger partial charge in [-0.1, -0.05) is 11.8 Å². The van der Waals surface area contributed by atoms with E-state index in [1.807, 2.05) is 39.5 Å². The summed E-state index contributed by atoms with van der Waals surface area (Å²) in [5.41, 5.74) is -0.0606. The number of hydrogen-bond acceptors (Lipinski definition) is 5. The van der Waals surface area contributed by atoms with Crippen LogP contribution in [0.1, 0.15) is 50.5 Å². The SMILES string of the molecule is COC(=O)c1ccc(C#CC(C)(C)N2CC3CN(C(=O)OC(C)(C)C)CCN3C2=O)cc1. The summed E-state index contributed by atoms with van der Waals surface area (Å²) >= 11 is 0. The fraction of sp³-hybridized carbons (Fsp3) is 0.542. The zero-order valence-corrected chi connectivity index (χ0v) is 19.6. The fourth-order valence-electron chi connectivity index (χ4n) is 3.77. The minimum Gasteiger partial charge on any atom is -0.465 e. The molecule has 2 saturated heterocycles. The molecule has 0 bridgehead atoms. The van der Waals surface area contributed by atoms with E-state index >= 15 is 0 Å². The fourth-order valence-corrected chi connectivity index (χ4v) is 3.77. The molecule has 0 aromatic heterocycles. The monoisotopic (exact) mass is 441 g/mol. The molecular formula is C24H31N3O5. The molecule has 32 heavy (non-hydrogen) atoms. The van der Waals surface area contributed by atoms with Crippen LogP contribution in [0.5, 0.6) is 0 Å². The molecule has 0 N–H and O–H groups in total. The Morgan fingerprint density at radius 2 is 1.69 bits per heavy atom. The lowest BCUT2D eigenvalue weighted by atomic mass is 10.0. The van der Waals surface area contributed by atoms with Crippen molar-refractivity contribution in [3.05, 3.63) is 35.4 Å². The average Bonchev–Trinajstić information content (AvgIpc) is 3.08. The molecule has 8 nitrogen and oxygen atoms in total. The second kappa shape index (κ2) is 8.73. The normalized spacial score (nSPS) is 18.6. The lowest BCUT2D eigenvalue weighted by Crippen LogP contribution is -2.54. The zero-order chi connectivity index (χ0) is 23.7. The van der Waals surface area contributed by atoms with E-state index in [-0.39, 0.29) is 18.2 Å². The van der Waals surface area contributed by atoms with Gasteiger partial charge in [-0.2, -0.15) is 0 Å². The Kier molecular flexibility index (Phi) is 6.40. The largest absolute Gasteiger partial charge is 0.465 e. The molecule has 8 heteroatoms. The predicted octanol–water partition coefficient (Wildman–Crippen LogP) is 2.96. The van der Waals surface area contributed by atoms with Gasteiger partial charge < -0.3 is 24.2 Å². The van der Waals surface area contributed by atoms with E-state index in [1.165, 1.54) is 7.11 Å². The van der Waals surface area contributed by atoms with Crippen LogP contribution in [-0.4, -0.2) is 83.3 Å². The summed E-state index contributed by atoms with van der Waals surface area (Å²) in [6.07, 6.45) is -0.350. The third-order valence-electron chi connectivity index (χ3n) is 5.50. The Labute approximate surface area is 189 Å². The van der Waals surface area contributed by atoms with Crippen LogP contribution in [0.25, 0.3) is 0 Å². The molecule has 2 aliphatic rings. The smallest absolute Gasteiger partial charge is 0.410 e. The molecule has 2 fully saturated rings. The molecule has 1 unspecified atom stereocenters. The van der Waals surface area contributed by atoms with Crippen molar-refractivity contribution < 1.29 is 23.9 Å². The lowest BCUT2D eigenvalue weighted by molar-refractivity contribution is 0.0127. The van der Waals surface area contributed by atoms with Gasteiger partial charge in [0.05, 0.1) is 18.7 Å². The topological polar surface area (TPSA) is 79.4 Å². The first-order chi connectivity index (χ1) is 14.9. The van der Waals surface area contributed by atoms with Crippen LogP contribution in [0.15, 0.2) is 24.3 Å². The molecule has 0 spiro atoms. The molecule has 0 saturated carbocycles. The van der Waals surface area contributed by atoms with Crippen molar-refractivity contribution >= 4 is 18.1 Å². The third kappa shape index (κ3) is 5.16. The van der Waals surface area contributed by atoms with E-state index in [0.717, 1.165) is 5.56 Å². The minimum atomic E-state index is -0.702. The number of carbonyl (C=O) groups is 3. The highest BCUT2D eigenvalue weighted by atomic mass is 16.6. The van der Waals surface area contributed by atoms with Crippen molar-refractivity contribution in [2.45, 2.75) is 51.8 Å². The van der Waals surface area contributed by atoms with Crippen molar-refractivity contribution in [3.63, 3.8) is 0 Å². The number of urea groups is 1. The van der Waals surface area contributed by atoms with Crippen LogP contribution in [0.3, 0.4) is 0 Å². The quantitative estimate of drug-likeness (QED) is 0.521. The summed E-state index contributed by atoms with van der Waals surface area (Å²) in [5.74, 6) is 5.90. The second-order valence-electron chi connectivity index (χ2n) is 9.54. The Bertz CT molecular complexity index is 953. The second-order valence-corrected chi connectivity index (χ2v) is 9.54. The van der Waals surface area contributed by atoms with Gasteiger partial charge >= 0.3 is 18.1 Å². The van der Waals surface area contributed by atoms with E-state index in [1.54, 1.807) is 34.1 Å². The summed E-state index contributed by atoms with van der Waals surface area (Å²) < 4.78 is 10.2. The van der Waals surface area contributed by atoms with Crippen LogP contribution in [-0.2, 0) is 9.47 Å². The van der Waals surface area contributed by atoms with Gasteiger partial charge in [-0.05, 0) is 58.9 Å². The van der Waals surface area contributed by atoms with Gasteiger partial charge in [0, 0.05) is 31.7 Å². The number of methoxy groups -OCH3 is 1. The summed E-state index contributed by atoms with van der Waals surface area (Å²) in [4.78, 5) is 42.3. The van der Waals surface area contributed by atoms with Gasteiger partial charge in [-0.25, -0.2) is 14.4 Å². The van der Waals surface area contributed by atoms with E-state index in [4.69, 9.17) is 9.47 Å². The molecule has 0 aliphatic carbocycles. The van der Waals surface area contributed by atoms with Gasteiger partial charge in [0.25, 0.3) is 0 Å². The maximum atomic E-state index is 13.1. The first-order valence-corrected chi connectivity index (χ1v) is 10.7. The minimum absolute atomic E-state index is 0.0702. The van der Waals surface area contributed by atoms with Gasteiger partial charge in [0.1, 0.15) is 11.1 Å². The van der Waals surface area contributed by atoms with Crippen LogP contribution < -0.4 is 0 Å². The summed E-state index contributed by atoms with van der Waals surface area (Å²) in [5, 5.41) is 0. The number of amides is 3. The standard InChI is InChI=1S/C24H31N3O5/c1-23(2,3)32-22(30)25-13-14-26-19(15-25)16-27(21(26)29)24(4,5)12-11-17-7-9-18(10-8-17)20(28)31-6/h7-10,19H,13-16H2,1-6H3. The molecule has 1 aromatic rings. The first-order valence-electron chi connectivity index (χ1n) is 10.7. The van der Waals surface area contributed by atoms with Gasteiger partial charge in [0.2, 0.25) is 0 Å². The number of esters is 1. The Hall–Kier alpha value is -3.21. The number of ether oxygens (including phenoxy) is 2. The van der Waals surface area contributed by atoms with Crippen molar-refractivity contribution in [1.29, 1.82) is 0 Å². The first kappa shape index (κ1) is 23.5. The van der Waals surface area contributed by atoms with Crippen molar-refractivity contribution in [2.75, 3.05) is 33.3 Å². The van der Waals surface area contributed by atoms with E-state index in [9.17, 15) is 14.4 Å². The molecule has 0 radical (unpaired) electrons. The Balaban J connectivity index is 1.69. The number of rotatable bonds is 2. The zero-order valence-electron chi connectivity index (χ0n) is 19.6. The predicted molar refractivity (Wildman–Crippen MR) is 119 cm³/mol. The Morgan fingerprint density at radius 1 is 1.03 bits per heavy atom. The van der Waals surface area contributed by atoms with Gasteiger partial charge in [0.15, 0.2) is 0 Å². The van der Waals surface area contributed by atoms with Gasteiger partial charge in [-0.15, -0.1) is 0 Å². The molecule has 1 aromatic carbocycles. The van der Waals surface area contributed by atoms with E-state index < -0.39 is 17.1 Å². The molecule has 1 atom stereocenters. The third-order valence-corrected chi connectivity index (χ3v) is 5.50. The highest BCUT2D eigenvalue weighted by Gasteiger charge is 2.46. The van der Waals surface area contributed by atoms with Crippen LogP contribution in [0, 0.1) is 11.8 Å². The molecule has 3 rings (SSSR count). The number of piperazine rings is 1. The molecule has 3 amide bonds. The maximum absolute atomic E-state index is 13.1. The number of nitrogens with zero attached hydrogens (tertiary/aromatic N) is 3. The van der Waals surface area contributed by atoms with Crippen LogP contribution in [0.2, 0.25) is 0 Å². The highest BCUT2D eigenvalue weighted by molar-refractivity contribution is 5.89. The van der Waals surface area contributed by atoms with Gasteiger partial charge in [-0.3, -0.25) is 0 Å². The lowest BCUT2D eigenvalue weighted by Gasteiger charge is -2.37. The average molecular weight is 442 g/mol. The number of carbonyl (C=O) groups excluding carboxylic acids is 3. The van der Waals surface area contributed by atoms with Crippen molar-refractivity contribution in [1.82, 2.24) is 14.7 Å². The van der Waals surface area contributed by atoms with Crippen molar-refractivity contribution in [3.8, 4) is 11.8 Å². The molecule has 172 valence electrons. The van der Waals surface area contributed by atoms with Crippen LogP contribution >= 0.6 is 0 Å². The number of fused-ring (bicyclic) bond motifs is 1. The van der Waals surface area contributed by atoms with E-state index in [2.05, 4.69) is 11.8 Å². The van der Waals surface area contributed by atoms with E-state index in [0.29, 0.717) is 31.7 Å². The van der Waals surface area contributed by atoms with Crippen LogP contribution in [0.4, 0.5) is 9.59 Å². The molecular weight excluding hydrogens is 410 g/mol. The maximum Gasteiger partial charge on any atom is 0.410 e. The Morgan fingerprint density at radius 3 is 2.28 bits per heavy atom. The highest BCUT2D eigenvalue weighted by Crippen LogP contribution is 2.28. The molecule has 2 heterocycles. The number of hydrogen-bond donors (Lipinski definition) is 0. The van der Waals surface area contributed by atoms with Crippen molar-refractivity contribution in [2.24, 2.45) is 0 Å². The summed E-state index contributed by atoms with van der Waals surface area (Å²) in [7, 11) is 1.34. The molecule has 2 aliphatic heterocycles. The number of benzene rings is 1. The summed E-state index contributed by atoms with van der Waals surface area (Å²) in [6.45, 7) is 11.2.